The van der Waals surface area contributed by atoms with Crippen molar-refractivity contribution in [3.8, 4) is 11.8 Å². The van der Waals surface area contributed by atoms with Crippen molar-refractivity contribution in [2.24, 2.45) is 0 Å². The molecule has 0 aliphatic heterocycles. The average molecular weight is 319 g/mol. The number of nitriles is 1. The average Bonchev–Trinajstić information content (AvgIpc) is 2.46. The van der Waals surface area contributed by atoms with E-state index < -0.39 is 25.6 Å². The minimum Gasteiger partial charge on any atom is -0.393 e. The zero-order valence-corrected chi connectivity index (χ0v) is 11.8. The first kappa shape index (κ1) is 15.3. The van der Waals surface area contributed by atoms with Crippen LogP contribution in [0.5, 0.6) is 5.75 Å². The maximum Gasteiger partial charge on any atom is 0.339 e. The van der Waals surface area contributed by atoms with E-state index in [-0.39, 0.29) is 17.0 Å². The third kappa shape index (κ3) is 3.13. The highest BCUT2D eigenvalue weighted by molar-refractivity contribution is 7.87. The Morgan fingerprint density at radius 1 is 1.23 bits per heavy atom. The number of nitro benzene ring substituents is 1. The highest BCUT2D eigenvalue weighted by Crippen LogP contribution is 2.27. The van der Waals surface area contributed by atoms with E-state index in [0.29, 0.717) is 0 Å². The second-order valence-corrected chi connectivity index (χ2v) is 5.70. The molecular formula is C13H9N3O5S. The van der Waals surface area contributed by atoms with E-state index in [1.807, 2.05) is 6.07 Å². The molecule has 0 radical (unpaired) electrons. The highest BCUT2D eigenvalue weighted by Gasteiger charge is 2.22. The van der Waals surface area contributed by atoms with Gasteiger partial charge in [-0.2, -0.15) is 13.7 Å². The fourth-order valence-corrected chi connectivity index (χ4v) is 2.57. The van der Waals surface area contributed by atoms with Gasteiger partial charge in [-0.3, -0.25) is 10.1 Å². The predicted octanol–water partition coefficient (Wildman–Crippen LogP) is 1.82. The zero-order valence-electron chi connectivity index (χ0n) is 11.0. The Bertz CT molecular complexity index is 887. The fourth-order valence-electron chi connectivity index (χ4n) is 1.63. The van der Waals surface area contributed by atoms with Gasteiger partial charge < -0.3 is 9.92 Å². The van der Waals surface area contributed by atoms with Crippen LogP contribution in [0.25, 0.3) is 0 Å². The van der Waals surface area contributed by atoms with Gasteiger partial charge in [0.1, 0.15) is 16.3 Å². The summed E-state index contributed by atoms with van der Waals surface area (Å²) in [4.78, 5) is 9.60. The van der Waals surface area contributed by atoms with Crippen LogP contribution in [0.2, 0.25) is 0 Å². The van der Waals surface area contributed by atoms with Gasteiger partial charge in [0, 0.05) is 6.07 Å². The van der Waals surface area contributed by atoms with Crippen LogP contribution in [0.3, 0.4) is 0 Å². The molecule has 2 aromatic rings. The van der Waals surface area contributed by atoms with Crippen LogP contribution in [-0.2, 0) is 10.1 Å². The molecule has 0 unspecified atom stereocenters. The van der Waals surface area contributed by atoms with E-state index in [1.54, 1.807) is 0 Å². The Morgan fingerprint density at radius 3 is 2.59 bits per heavy atom. The number of nitrogen functional groups attached to an aromatic ring is 1. The molecule has 0 aliphatic carbocycles. The normalized spacial score (nSPS) is 10.7. The first-order chi connectivity index (χ1) is 10.3. The molecule has 0 heterocycles. The van der Waals surface area contributed by atoms with E-state index in [1.165, 1.54) is 24.3 Å². The number of nitro groups is 1. The highest BCUT2D eigenvalue weighted by atomic mass is 32.2. The van der Waals surface area contributed by atoms with Gasteiger partial charge in [-0.15, -0.1) is 0 Å². The lowest BCUT2D eigenvalue weighted by atomic mass is 10.2. The number of benzene rings is 2. The van der Waals surface area contributed by atoms with Crippen molar-refractivity contribution in [1.82, 2.24) is 0 Å². The lowest BCUT2D eigenvalue weighted by Crippen LogP contribution is -2.10. The van der Waals surface area contributed by atoms with E-state index in [2.05, 4.69) is 0 Å². The summed E-state index contributed by atoms with van der Waals surface area (Å²) in [5, 5.41) is 19.6. The predicted molar refractivity (Wildman–Crippen MR) is 76.5 cm³/mol. The third-order valence-electron chi connectivity index (χ3n) is 2.66. The summed E-state index contributed by atoms with van der Waals surface area (Å²) >= 11 is 0. The number of rotatable bonds is 4. The standard InChI is InChI=1S/C13H9N3O5S/c14-8-9-2-1-3-10(6-9)21-22(19,20)11-4-5-12(15)13(7-11)16(17)18/h1-7H,15H2. The number of nitrogens with zero attached hydrogens (tertiary/aromatic N) is 2. The van der Waals surface area contributed by atoms with Gasteiger partial charge in [0.25, 0.3) is 5.69 Å². The molecule has 9 heteroatoms. The Hall–Kier alpha value is -3.12. The first-order valence-corrected chi connectivity index (χ1v) is 7.23. The van der Waals surface area contributed by atoms with Crippen molar-refractivity contribution in [3.05, 3.63) is 58.1 Å². The van der Waals surface area contributed by atoms with E-state index in [0.717, 1.165) is 18.2 Å². The molecule has 8 nitrogen and oxygen atoms in total. The van der Waals surface area contributed by atoms with Crippen LogP contribution in [0.15, 0.2) is 47.4 Å². The maximum atomic E-state index is 12.1. The second-order valence-electron chi connectivity index (χ2n) is 4.15. The molecule has 2 rings (SSSR count). The molecule has 0 amide bonds. The third-order valence-corrected chi connectivity index (χ3v) is 3.90. The zero-order chi connectivity index (χ0) is 16.3. The Balaban J connectivity index is 2.41. The van der Waals surface area contributed by atoms with Crippen LogP contribution >= 0.6 is 0 Å². The number of anilines is 1. The molecule has 2 aromatic carbocycles. The molecule has 22 heavy (non-hydrogen) atoms. The molecular weight excluding hydrogens is 310 g/mol. The van der Waals surface area contributed by atoms with E-state index in [4.69, 9.17) is 15.2 Å². The Kier molecular flexibility index (Phi) is 3.96. The summed E-state index contributed by atoms with van der Waals surface area (Å²) < 4.78 is 29.1. The molecule has 2 N–H and O–H groups in total. The van der Waals surface area contributed by atoms with Gasteiger partial charge in [0.15, 0.2) is 0 Å². The summed E-state index contributed by atoms with van der Waals surface area (Å²) in [5.74, 6) is -0.0708. The van der Waals surface area contributed by atoms with Gasteiger partial charge in [0.2, 0.25) is 0 Å². The van der Waals surface area contributed by atoms with Gasteiger partial charge in [0.05, 0.1) is 16.6 Å². The summed E-state index contributed by atoms with van der Waals surface area (Å²) in [5.41, 5.74) is 4.94. The van der Waals surface area contributed by atoms with Crippen molar-refractivity contribution in [2.75, 3.05) is 5.73 Å². The molecule has 0 atom stereocenters. The van der Waals surface area contributed by atoms with Crippen LogP contribution in [0.4, 0.5) is 11.4 Å². The summed E-state index contributed by atoms with van der Waals surface area (Å²) in [6.45, 7) is 0. The molecule has 0 saturated heterocycles. The maximum absolute atomic E-state index is 12.1. The van der Waals surface area contributed by atoms with Crippen molar-refractivity contribution >= 4 is 21.5 Å². The van der Waals surface area contributed by atoms with E-state index in [9.17, 15) is 18.5 Å². The van der Waals surface area contributed by atoms with Gasteiger partial charge in [-0.25, -0.2) is 0 Å². The first-order valence-electron chi connectivity index (χ1n) is 5.82. The number of hydrogen-bond acceptors (Lipinski definition) is 7. The molecule has 0 fully saturated rings. The molecule has 0 spiro atoms. The number of hydrogen-bond donors (Lipinski definition) is 1. The minimum atomic E-state index is -4.28. The van der Waals surface area contributed by atoms with Crippen molar-refractivity contribution in [2.45, 2.75) is 4.90 Å². The molecule has 0 saturated carbocycles. The largest absolute Gasteiger partial charge is 0.393 e. The van der Waals surface area contributed by atoms with Gasteiger partial charge >= 0.3 is 10.1 Å². The second kappa shape index (κ2) is 5.71. The smallest absolute Gasteiger partial charge is 0.339 e. The van der Waals surface area contributed by atoms with Crippen LogP contribution < -0.4 is 9.92 Å². The lowest BCUT2D eigenvalue weighted by Gasteiger charge is -2.07. The molecule has 112 valence electrons. The summed E-state index contributed by atoms with van der Waals surface area (Å²) in [7, 11) is -4.28. The topological polar surface area (TPSA) is 136 Å². The van der Waals surface area contributed by atoms with Gasteiger partial charge in [-0.05, 0) is 30.3 Å². The number of nitrogens with two attached hydrogens (primary N) is 1. The molecule has 0 bridgehead atoms. The summed E-state index contributed by atoms with van der Waals surface area (Å²) in [6, 6.07) is 10.4. The van der Waals surface area contributed by atoms with Crippen molar-refractivity contribution < 1.29 is 17.5 Å². The quantitative estimate of drug-likeness (QED) is 0.392. The van der Waals surface area contributed by atoms with Crippen LogP contribution in [-0.4, -0.2) is 13.3 Å². The fraction of sp³-hybridized carbons (Fsp3) is 0. The molecule has 0 aliphatic rings. The molecule has 0 aromatic heterocycles. The van der Waals surface area contributed by atoms with Crippen LogP contribution in [0.1, 0.15) is 5.56 Å². The van der Waals surface area contributed by atoms with E-state index >= 15 is 0 Å². The Labute approximate surface area is 125 Å². The minimum absolute atomic E-state index is 0.0708. The van der Waals surface area contributed by atoms with Crippen LogP contribution in [0, 0.1) is 21.4 Å². The summed E-state index contributed by atoms with van der Waals surface area (Å²) in [6.07, 6.45) is 0. The SMILES string of the molecule is N#Cc1cccc(OS(=O)(=O)c2ccc(N)c([N+](=O)[O-])c2)c1. The van der Waals surface area contributed by atoms with Crippen molar-refractivity contribution in [3.63, 3.8) is 0 Å². The lowest BCUT2D eigenvalue weighted by molar-refractivity contribution is -0.384. The monoisotopic (exact) mass is 319 g/mol. The Morgan fingerprint density at radius 2 is 1.95 bits per heavy atom. The van der Waals surface area contributed by atoms with Crippen molar-refractivity contribution in [1.29, 1.82) is 5.26 Å². The van der Waals surface area contributed by atoms with Gasteiger partial charge in [-0.1, -0.05) is 6.07 Å².